The fourth-order valence-corrected chi connectivity index (χ4v) is 0.427. The molecule has 1 rings (SSSR count). The molecule has 0 radical (unpaired) electrons. The summed E-state index contributed by atoms with van der Waals surface area (Å²) in [5.74, 6) is -0.958. The molecule has 80 valence electrons. The highest BCUT2D eigenvalue weighted by atomic mass is 16.4. The molecule has 0 unspecified atom stereocenters. The van der Waals surface area contributed by atoms with E-state index in [1.54, 1.807) is 0 Å². The molecule has 0 saturated heterocycles. The lowest BCUT2D eigenvalue weighted by atomic mass is 10.9. The molecule has 0 spiro atoms. The van der Waals surface area contributed by atoms with Crippen LogP contribution in [0.1, 0.15) is 6.92 Å². The monoisotopic (exact) mass is 203 g/mol. The minimum absolute atomic E-state index is 0. The van der Waals surface area contributed by atoms with Crippen LogP contribution in [0.5, 0.6) is 0 Å². The van der Waals surface area contributed by atoms with Crippen LogP contribution < -0.4 is 28.5 Å². The van der Waals surface area contributed by atoms with Crippen molar-refractivity contribution >= 4 is 23.8 Å². The summed E-state index contributed by atoms with van der Waals surface area (Å²) in [4.78, 5) is 19.4. The fourth-order valence-electron chi connectivity index (χ4n) is 0.427. The Hall–Kier alpha value is -2.16. The Morgan fingerprint density at radius 2 is 1.21 bits per heavy atom. The van der Waals surface area contributed by atoms with E-state index in [4.69, 9.17) is 27.1 Å². The van der Waals surface area contributed by atoms with Crippen LogP contribution in [0, 0.1) is 0 Å². The summed E-state index contributed by atoms with van der Waals surface area (Å²) in [6.07, 6.45) is 0. The molecule has 0 aliphatic heterocycles. The average Bonchev–Trinajstić information content (AvgIpc) is 1.80. The highest BCUT2D eigenvalue weighted by Crippen LogP contribution is 1.97. The van der Waals surface area contributed by atoms with Crippen LogP contribution in [0.15, 0.2) is 0 Å². The van der Waals surface area contributed by atoms with Gasteiger partial charge in [0, 0.05) is 5.97 Å². The van der Waals surface area contributed by atoms with Crippen LogP contribution in [0.2, 0.25) is 0 Å². The Kier molecular flexibility index (Phi) is 6.53. The first-order valence-electron chi connectivity index (χ1n) is 3.12. The molecule has 0 aliphatic rings. The van der Waals surface area contributed by atoms with Gasteiger partial charge in [-0.1, -0.05) is 0 Å². The SMILES string of the molecule is CC(=O)[O-].Nc1nc(N)nc(N)n1.[NH4+]. The molecule has 10 N–H and O–H groups in total. The molecular weight excluding hydrogens is 190 g/mol. The lowest BCUT2D eigenvalue weighted by Crippen LogP contribution is -2.16. The standard InChI is InChI=1S/C3H6N6.C2H4O2.H3N/c4-1-7-2(5)9-3(6)8-1;1-2(3)4;/h(H6,4,5,6,7,8,9);1H3,(H,3,4);1H3. The van der Waals surface area contributed by atoms with Gasteiger partial charge in [-0.3, -0.25) is 0 Å². The molecule has 0 atom stereocenters. The van der Waals surface area contributed by atoms with Crippen molar-refractivity contribution in [2.24, 2.45) is 0 Å². The zero-order chi connectivity index (χ0) is 10.4. The molecule has 9 heteroatoms. The third-order valence-corrected chi connectivity index (χ3v) is 0.687. The van der Waals surface area contributed by atoms with Gasteiger partial charge in [0.05, 0.1) is 0 Å². The van der Waals surface area contributed by atoms with Crippen LogP contribution in [-0.2, 0) is 4.79 Å². The Morgan fingerprint density at radius 1 is 1.07 bits per heavy atom. The number of anilines is 3. The predicted octanol–water partition coefficient (Wildman–Crippen LogP) is -2.25. The fraction of sp³-hybridized carbons (Fsp3) is 0.200. The summed E-state index contributed by atoms with van der Waals surface area (Å²) in [5, 5.41) is 8.89. The maximum atomic E-state index is 8.89. The maximum Gasteiger partial charge on any atom is 0.226 e. The smallest absolute Gasteiger partial charge is 0.226 e. The number of carbonyl (C=O) groups is 1. The normalized spacial score (nSPS) is 7.79. The summed E-state index contributed by atoms with van der Waals surface area (Å²) in [7, 11) is 0. The second-order valence-corrected chi connectivity index (χ2v) is 1.90. The Morgan fingerprint density at radius 3 is 1.36 bits per heavy atom. The van der Waals surface area contributed by atoms with Gasteiger partial charge >= 0.3 is 0 Å². The highest BCUT2D eigenvalue weighted by molar-refractivity contribution is 5.60. The van der Waals surface area contributed by atoms with Crippen LogP contribution in [0.3, 0.4) is 0 Å². The molecule has 1 heterocycles. The molecule has 1 aromatic rings. The number of carboxylic acid groups (broad SMARTS) is 1. The largest absolute Gasteiger partial charge is 0.550 e. The van der Waals surface area contributed by atoms with E-state index in [0.29, 0.717) is 0 Å². The van der Waals surface area contributed by atoms with Crippen molar-refractivity contribution in [2.75, 3.05) is 17.2 Å². The molecule has 0 aromatic carbocycles. The molecule has 9 nitrogen and oxygen atoms in total. The minimum Gasteiger partial charge on any atom is -0.550 e. The highest BCUT2D eigenvalue weighted by Gasteiger charge is 1.93. The van der Waals surface area contributed by atoms with E-state index in [2.05, 4.69) is 15.0 Å². The van der Waals surface area contributed by atoms with Crippen molar-refractivity contribution in [3.63, 3.8) is 0 Å². The summed E-state index contributed by atoms with van der Waals surface area (Å²) in [6, 6.07) is 0. The number of aromatic nitrogens is 3. The number of nitrogen functional groups attached to an aromatic ring is 3. The molecule has 0 saturated carbocycles. The number of quaternary nitrogens is 1. The lowest BCUT2D eigenvalue weighted by Gasteiger charge is -1.93. The number of hydrogen-bond donors (Lipinski definition) is 4. The van der Waals surface area contributed by atoms with Crippen molar-refractivity contribution in [2.45, 2.75) is 6.92 Å². The van der Waals surface area contributed by atoms with Gasteiger partial charge in [-0.2, -0.15) is 15.0 Å². The van der Waals surface area contributed by atoms with E-state index in [1.807, 2.05) is 0 Å². The number of carbonyl (C=O) groups excluding carboxylic acids is 1. The molecule has 0 fully saturated rings. The maximum absolute atomic E-state index is 8.89. The third-order valence-electron chi connectivity index (χ3n) is 0.687. The van der Waals surface area contributed by atoms with Crippen molar-refractivity contribution in [1.29, 1.82) is 0 Å². The molecule has 0 bridgehead atoms. The van der Waals surface area contributed by atoms with Crippen LogP contribution in [0.4, 0.5) is 17.8 Å². The molecular formula is C5H13N7O2. The van der Waals surface area contributed by atoms with Crippen LogP contribution in [-0.4, -0.2) is 20.9 Å². The number of hydrogen-bond acceptors (Lipinski definition) is 8. The number of rotatable bonds is 0. The number of nitrogens with two attached hydrogens (primary N) is 3. The molecule has 0 aliphatic carbocycles. The quantitative estimate of drug-likeness (QED) is 0.362. The second kappa shape index (κ2) is 6.37. The zero-order valence-electron chi connectivity index (χ0n) is 7.89. The third kappa shape index (κ3) is 7.94. The van der Waals surface area contributed by atoms with Crippen molar-refractivity contribution in [3.05, 3.63) is 0 Å². The van der Waals surface area contributed by atoms with Gasteiger partial charge in [0.1, 0.15) is 0 Å². The lowest BCUT2D eigenvalue weighted by molar-refractivity contribution is -0.302. The van der Waals surface area contributed by atoms with Crippen LogP contribution in [0.25, 0.3) is 0 Å². The predicted molar refractivity (Wildman–Crippen MR) is 49.7 cm³/mol. The van der Waals surface area contributed by atoms with E-state index in [1.165, 1.54) is 0 Å². The number of nitrogens with zero attached hydrogens (tertiary/aromatic N) is 3. The van der Waals surface area contributed by atoms with Gasteiger partial charge in [0.2, 0.25) is 17.8 Å². The first kappa shape index (κ1) is 14.4. The first-order valence-corrected chi connectivity index (χ1v) is 3.12. The Bertz CT molecular complexity index is 248. The summed E-state index contributed by atoms with van der Waals surface area (Å²) >= 11 is 0. The average molecular weight is 203 g/mol. The summed E-state index contributed by atoms with van der Waals surface area (Å²) in [6.45, 7) is 0.972. The molecule has 14 heavy (non-hydrogen) atoms. The Labute approximate surface area is 79.9 Å². The van der Waals surface area contributed by atoms with Gasteiger partial charge in [-0.25, -0.2) is 0 Å². The number of carboxylic acids is 1. The molecule has 1 aromatic heterocycles. The minimum atomic E-state index is -1.08. The van der Waals surface area contributed by atoms with Crippen molar-refractivity contribution < 1.29 is 9.90 Å². The van der Waals surface area contributed by atoms with Crippen molar-refractivity contribution in [3.8, 4) is 0 Å². The number of aliphatic carboxylic acids is 1. The van der Waals surface area contributed by atoms with Gasteiger partial charge in [-0.15, -0.1) is 0 Å². The van der Waals surface area contributed by atoms with E-state index in [9.17, 15) is 0 Å². The van der Waals surface area contributed by atoms with E-state index < -0.39 is 5.97 Å². The zero-order valence-corrected chi connectivity index (χ0v) is 7.89. The van der Waals surface area contributed by atoms with Crippen LogP contribution >= 0.6 is 0 Å². The second-order valence-electron chi connectivity index (χ2n) is 1.90. The molecule has 0 amide bonds. The van der Waals surface area contributed by atoms with E-state index in [0.717, 1.165) is 6.92 Å². The van der Waals surface area contributed by atoms with Gasteiger partial charge < -0.3 is 33.3 Å². The van der Waals surface area contributed by atoms with Crippen molar-refractivity contribution in [1.82, 2.24) is 21.1 Å². The first-order chi connectivity index (χ1) is 5.91. The van der Waals surface area contributed by atoms with E-state index in [-0.39, 0.29) is 24.0 Å². The van der Waals surface area contributed by atoms with Gasteiger partial charge in [0.15, 0.2) is 0 Å². The van der Waals surface area contributed by atoms with Gasteiger partial charge in [0.25, 0.3) is 0 Å². The topological polar surface area (TPSA) is 193 Å². The Balaban J connectivity index is 0. The summed E-state index contributed by atoms with van der Waals surface area (Å²) < 4.78 is 0. The van der Waals surface area contributed by atoms with E-state index >= 15 is 0 Å². The van der Waals surface area contributed by atoms with Gasteiger partial charge in [-0.05, 0) is 6.92 Å². The summed E-state index contributed by atoms with van der Waals surface area (Å²) in [5.41, 5.74) is 15.4.